The first-order valence-electron chi connectivity index (χ1n) is 15.6. The van der Waals surface area contributed by atoms with Gasteiger partial charge in [-0.05, 0) is 44.7 Å². The van der Waals surface area contributed by atoms with Gasteiger partial charge in [0.25, 0.3) is 5.56 Å². The first kappa shape index (κ1) is 30.4. The van der Waals surface area contributed by atoms with Crippen LogP contribution in [0.25, 0.3) is 33.1 Å². The van der Waals surface area contributed by atoms with Gasteiger partial charge in [0.15, 0.2) is 5.65 Å². The minimum Gasteiger partial charge on any atom is -0.378 e. The molecule has 0 aliphatic carbocycles. The summed E-state index contributed by atoms with van der Waals surface area (Å²) in [5.41, 5.74) is 3.16. The topological polar surface area (TPSA) is 79.3 Å². The van der Waals surface area contributed by atoms with Crippen LogP contribution in [-0.4, -0.2) is 64.4 Å². The molecule has 3 aromatic heterocycles. The summed E-state index contributed by atoms with van der Waals surface area (Å²) in [6, 6.07) is 5.01. The standard InChI is InChI=1S/C32H45ClN6O3Si/c1-8-39-18-25-26(35-39)10-9-23(28(25)33)24-17-38(20-41-15-16-43(5,6)7)29-27(24)30(40)36(4)31(34-29)37-13-11-32(12-14-37)19-42-22(3)21(32)2/h9-10,17-18,21-22H,8,11-16,19-20H2,1-7H3/t21-,22+/m1/s1. The number of hydrogen-bond donors (Lipinski definition) is 0. The summed E-state index contributed by atoms with van der Waals surface area (Å²) in [6.07, 6.45) is 6.29. The van der Waals surface area contributed by atoms with Crippen LogP contribution in [0.5, 0.6) is 0 Å². The minimum atomic E-state index is -1.25. The quantitative estimate of drug-likeness (QED) is 0.167. The monoisotopic (exact) mass is 624 g/mol. The lowest BCUT2D eigenvalue weighted by Gasteiger charge is -2.42. The van der Waals surface area contributed by atoms with E-state index in [1.54, 1.807) is 4.57 Å². The maximum Gasteiger partial charge on any atom is 0.264 e. The highest BCUT2D eigenvalue weighted by atomic mass is 35.5. The maximum absolute atomic E-state index is 14.2. The predicted octanol–water partition coefficient (Wildman–Crippen LogP) is 6.38. The molecular weight excluding hydrogens is 580 g/mol. The van der Waals surface area contributed by atoms with Gasteiger partial charge in [-0.2, -0.15) is 10.1 Å². The summed E-state index contributed by atoms with van der Waals surface area (Å²) in [5, 5.41) is 6.63. The molecule has 0 saturated carbocycles. The molecule has 1 aromatic carbocycles. The fourth-order valence-corrected chi connectivity index (χ4v) is 7.80. The van der Waals surface area contributed by atoms with Gasteiger partial charge < -0.3 is 18.9 Å². The zero-order chi connectivity index (χ0) is 30.7. The van der Waals surface area contributed by atoms with Crippen LogP contribution < -0.4 is 10.5 Å². The third-order valence-corrected chi connectivity index (χ3v) is 12.0. The third-order valence-electron chi connectivity index (χ3n) is 9.93. The van der Waals surface area contributed by atoms with Crippen LogP contribution in [0.4, 0.5) is 5.95 Å². The van der Waals surface area contributed by atoms with Crippen molar-refractivity contribution in [2.75, 3.05) is 31.2 Å². The van der Waals surface area contributed by atoms with E-state index in [4.69, 9.17) is 26.1 Å². The number of aromatic nitrogens is 5. The number of rotatable bonds is 8. The van der Waals surface area contributed by atoms with Crippen molar-refractivity contribution in [3.63, 3.8) is 0 Å². The van der Waals surface area contributed by atoms with Crippen molar-refractivity contribution in [2.45, 2.75) is 78.7 Å². The molecule has 0 unspecified atom stereocenters. The zero-order valence-corrected chi connectivity index (χ0v) is 28.4. The molecule has 11 heteroatoms. The fourth-order valence-electron chi connectivity index (χ4n) is 6.73. The third kappa shape index (κ3) is 5.45. The Balaban J connectivity index is 1.41. The van der Waals surface area contributed by atoms with E-state index < -0.39 is 8.07 Å². The highest BCUT2D eigenvalue weighted by Gasteiger charge is 2.47. The molecule has 4 aromatic rings. The lowest BCUT2D eigenvalue weighted by Crippen LogP contribution is -2.45. The van der Waals surface area contributed by atoms with Crippen LogP contribution in [0.1, 0.15) is 33.6 Å². The predicted molar refractivity (Wildman–Crippen MR) is 177 cm³/mol. The second kappa shape index (κ2) is 11.4. The Morgan fingerprint density at radius 1 is 1.14 bits per heavy atom. The van der Waals surface area contributed by atoms with Crippen LogP contribution in [0, 0.1) is 11.3 Å². The summed E-state index contributed by atoms with van der Waals surface area (Å²) in [6.45, 7) is 17.8. The van der Waals surface area contributed by atoms with Crippen LogP contribution in [0.15, 0.2) is 29.3 Å². The summed E-state index contributed by atoms with van der Waals surface area (Å²) < 4.78 is 17.8. The Labute approximate surface area is 259 Å². The van der Waals surface area contributed by atoms with Crippen molar-refractivity contribution in [1.82, 2.24) is 23.9 Å². The number of anilines is 1. The summed E-state index contributed by atoms with van der Waals surface area (Å²) in [7, 11) is 0.586. The Kier molecular flexibility index (Phi) is 8.02. The van der Waals surface area contributed by atoms with Crippen molar-refractivity contribution in [3.05, 3.63) is 39.9 Å². The molecule has 1 spiro atoms. The van der Waals surface area contributed by atoms with Gasteiger partial charge in [0.1, 0.15) is 6.73 Å². The molecule has 6 rings (SSSR count). The number of piperidine rings is 1. The molecular formula is C32H45ClN6O3Si. The van der Waals surface area contributed by atoms with Gasteiger partial charge in [-0.1, -0.05) is 44.2 Å². The average molecular weight is 625 g/mol. The SMILES string of the molecule is CCn1cc2c(Cl)c(-c3cn(COCC[Si](C)(C)C)c4nc(N5CCC6(CC5)CO[C@@H](C)[C@H]6C)n(C)c(=O)c34)ccc2n1. The van der Waals surface area contributed by atoms with E-state index in [1.807, 2.05) is 47.7 Å². The number of aryl methyl sites for hydroxylation is 1. The smallest absolute Gasteiger partial charge is 0.264 e. The van der Waals surface area contributed by atoms with E-state index in [9.17, 15) is 4.79 Å². The first-order chi connectivity index (χ1) is 20.4. The van der Waals surface area contributed by atoms with Crippen molar-refractivity contribution in [3.8, 4) is 11.1 Å². The first-order valence-corrected chi connectivity index (χ1v) is 19.7. The Bertz CT molecular complexity index is 1710. The van der Waals surface area contributed by atoms with E-state index in [0.717, 1.165) is 67.2 Å². The summed E-state index contributed by atoms with van der Waals surface area (Å²) in [4.78, 5) is 21.6. The molecule has 2 atom stereocenters. The van der Waals surface area contributed by atoms with Gasteiger partial charge in [-0.3, -0.25) is 14.0 Å². The second-order valence-corrected chi connectivity index (χ2v) is 19.8. The highest BCUT2D eigenvalue weighted by Crippen LogP contribution is 2.46. The molecule has 0 amide bonds. The van der Waals surface area contributed by atoms with Crippen molar-refractivity contribution in [1.29, 1.82) is 0 Å². The van der Waals surface area contributed by atoms with Crippen molar-refractivity contribution < 1.29 is 9.47 Å². The number of nitrogens with zero attached hydrogens (tertiary/aromatic N) is 6. The number of fused-ring (bicyclic) bond motifs is 2. The molecule has 5 heterocycles. The van der Waals surface area contributed by atoms with Gasteiger partial charge in [0.2, 0.25) is 5.95 Å². The largest absolute Gasteiger partial charge is 0.378 e. The van der Waals surface area contributed by atoms with Crippen LogP contribution in [-0.2, 0) is 29.8 Å². The van der Waals surface area contributed by atoms with Crippen molar-refractivity contribution in [2.24, 2.45) is 18.4 Å². The van der Waals surface area contributed by atoms with Crippen LogP contribution in [0.2, 0.25) is 30.7 Å². The lowest BCUT2D eigenvalue weighted by molar-refractivity contribution is 0.0899. The van der Waals surface area contributed by atoms with E-state index in [2.05, 4.69) is 43.5 Å². The van der Waals surface area contributed by atoms with Crippen LogP contribution >= 0.6 is 11.6 Å². The molecule has 232 valence electrons. The normalized spacial score (nSPS) is 20.7. The number of ether oxygens (including phenoxy) is 2. The van der Waals surface area contributed by atoms with E-state index in [-0.39, 0.29) is 17.1 Å². The summed E-state index contributed by atoms with van der Waals surface area (Å²) >= 11 is 7.02. The Hall–Kier alpha value is -2.66. The van der Waals surface area contributed by atoms with Gasteiger partial charge in [0, 0.05) is 75.7 Å². The van der Waals surface area contributed by atoms with E-state index in [1.165, 1.54) is 0 Å². The molecule has 0 N–H and O–H groups in total. The molecule has 0 radical (unpaired) electrons. The van der Waals surface area contributed by atoms with E-state index in [0.29, 0.717) is 41.3 Å². The van der Waals surface area contributed by atoms with Gasteiger partial charge in [0.05, 0.1) is 28.6 Å². The number of benzene rings is 1. The molecule has 2 aliphatic rings. The fraction of sp³-hybridized carbons (Fsp3) is 0.594. The highest BCUT2D eigenvalue weighted by molar-refractivity contribution is 6.76. The van der Waals surface area contributed by atoms with E-state index >= 15 is 0 Å². The number of halogens is 1. The molecule has 43 heavy (non-hydrogen) atoms. The average Bonchev–Trinajstić information content (AvgIpc) is 3.64. The van der Waals surface area contributed by atoms with Gasteiger partial charge in [-0.25, -0.2) is 0 Å². The van der Waals surface area contributed by atoms with Crippen LogP contribution in [0.3, 0.4) is 0 Å². The van der Waals surface area contributed by atoms with Crippen molar-refractivity contribution >= 4 is 47.6 Å². The van der Waals surface area contributed by atoms with Gasteiger partial charge in [-0.15, -0.1) is 0 Å². The minimum absolute atomic E-state index is 0.0808. The molecule has 2 saturated heterocycles. The Morgan fingerprint density at radius 3 is 2.53 bits per heavy atom. The summed E-state index contributed by atoms with van der Waals surface area (Å²) in [5.74, 6) is 1.22. The maximum atomic E-state index is 14.2. The number of hydrogen-bond acceptors (Lipinski definition) is 6. The molecule has 2 fully saturated rings. The molecule has 9 nitrogen and oxygen atoms in total. The lowest BCUT2D eigenvalue weighted by atomic mass is 9.70. The Morgan fingerprint density at radius 2 is 1.88 bits per heavy atom. The van der Waals surface area contributed by atoms with Gasteiger partial charge >= 0.3 is 0 Å². The molecule has 0 bridgehead atoms. The second-order valence-electron chi connectivity index (χ2n) is 13.8. The molecule has 2 aliphatic heterocycles. The zero-order valence-electron chi connectivity index (χ0n) is 26.6.